The van der Waals surface area contributed by atoms with E-state index in [1.165, 1.54) is 0 Å². The Morgan fingerprint density at radius 2 is 1.95 bits per heavy atom. The SMILES string of the molecule is CC(O)(CNC(=O)CC/C=C/c1ccccc1)C(=O)O. The summed E-state index contributed by atoms with van der Waals surface area (Å²) in [5.41, 5.74) is -0.878. The van der Waals surface area contributed by atoms with Crippen LogP contribution >= 0.6 is 0 Å². The summed E-state index contributed by atoms with van der Waals surface area (Å²) in [6.45, 7) is 0.842. The van der Waals surface area contributed by atoms with Crippen LogP contribution in [0.1, 0.15) is 25.3 Å². The number of carbonyl (C=O) groups excluding carboxylic acids is 1. The first-order valence-corrected chi connectivity index (χ1v) is 6.36. The highest BCUT2D eigenvalue weighted by atomic mass is 16.4. The van der Waals surface area contributed by atoms with Crippen molar-refractivity contribution in [2.75, 3.05) is 6.54 Å². The van der Waals surface area contributed by atoms with Gasteiger partial charge >= 0.3 is 5.97 Å². The smallest absolute Gasteiger partial charge is 0.337 e. The number of amides is 1. The fourth-order valence-electron chi connectivity index (χ4n) is 1.43. The Morgan fingerprint density at radius 3 is 2.55 bits per heavy atom. The topological polar surface area (TPSA) is 86.6 Å². The van der Waals surface area contributed by atoms with Crippen LogP contribution in [-0.4, -0.2) is 34.2 Å². The molecule has 0 aromatic heterocycles. The van der Waals surface area contributed by atoms with Crippen LogP contribution < -0.4 is 5.32 Å². The molecule has 0 radical (unpaired) electrons. The van der Waals surface area contributed by atoms with Crippen LogP contribution in [0.3, 0.4) is 0 Å². The van der Waals surface area contributed by atoms with Gasteiger partial charge in [-0.1, -0.05) is 42.5 Å². The Bertz CT molecular complexity index is 480. The van der Waals surface area contributed by atoms with Crippen molar-refractivity contribution in [2.45, 2.75) is 25.4 Å². The summed E-state index contributed by atoms with van der Waals surface area (Å²) in [6.07, 6.45) is 4.60. The van der Waals surface area contributed by atoms with Crippen molar-refractivity contribution in [1.29, 1.82) is 0 Å². The lowest BCUT2D eigenvalue weighted by molar-refractivity contribution is -0.156. The largest absolute Gasteiger partial charge is 0.479 e. The van der Waals surface area contributed by atoms with Gasteiger partial charge < -0.3 is 15.5 Å². The summed E-state index contributed by atoms with van der Waals surface area (Å²) in [5.74, 6) is -1.65. The van der Waals surface area contributed by atoms with Crippen molar-refractivity contribution in [1.82, 2.24) is 5.32 Å². The minimum Gasteiger partial charge on any atom is -0.479 e. The van der Waals surface area contributed by atoms with E-state index in [2.05, 4.69) is 5.32 Å². The molecule has 20 heavy (non-hydrogen) atoms. The van der Waals surface area contributed by atoms with Crippen LogP contribution in [0.15, 0.2) is 36.4 Å². The van der Waals surface area contributed by atoms with Gasteiger partial charge in [-0.15, -0.1) is 0 Å². The zero-order chi connectivity index (χ0) is 15.0. The second-order valence-electron chi connectivity index (χ2n) is 4.71. The van der Waals surface area contributed by atoms with E-state index in [9.17, 15) is 14.7 Å². The number of rotatable bonds is 7. The van der Waals surface area contributed by atoms with Crippen LogP contribution in [-0.2, 0) is 9.59 Å². The molecule has 0 aliphatic heterocycles. The lowest BCUT2D eigenvalue weighted by atomic mass is 10.1. The molecule has 1 amide bonds. The van der Waals surface area contributed by atoms with Gasteiger partial charge in [0.2, 0.25) is 5.91 Å². The predicted molar refractivity (Wildman–Crippen MR) is 76.0 cm³/mol. The summed E-state index contributed by atoms with van der Waals surface area (Å²) in [7, 11) is 0. The number of aliphatic carboxylic acids is 1. The number of hydrogen-bond donors (Lipinski definition) is 3. The zero-order valence-electron chi connectivity index (χ0n) is 11.4. The molecule has 1 aromatic carbocycles. The highest BCUT2D eigenvalue weighted by molar-refractivity contribution is 5.80. The molecule has 0 heterocycles. The molecule has 1 rings (SSSR count). The third kappa shape index (κ3) is 5.67. The lowest BCUT2D eigenvalue weighted by Gasteiger charge is -2.18. The third-order valence-corrected chi connectivity index (χ3v) is 2.74. The molecule has 3 N–H and O–H groups in total. The van der Waals surface area contributed by atoms with Crippen molar-refractivity contribution >= 4 is 18.0 Å². The molecule has 0 fully saturated rings. The number of carboxylic acids is 1. The van der Waals surface area contributed by atoms with E-state index >= 15 is 0 Å². The first-order valence-electron chi connectivity index (χ1n) is 6.36. The van der Waals surface area contributed by atoms with Crippen LogP contribution in [0.5, 0.6) is 0 Å². The van der Waals surface area contributed by atoms with Crippen molar-refractivity contribution < 1.29 is 19.8 Å². The van der Waals surface area contributed by atoms with Gasteiger partial charge in [0.25, 0.3) is 0 Å². The molecule has 0 aliphatic rings. The van der Waals surface area contributed by atoms with E-state index in [4.69, 9.17) is 5.11 Å². The first-order chi connectivity index (χ1) is 9.42. The molecule has 1 atom stereocenters. The van der Waals surface area contributed by atoms with Crippen molar-refractivity contribution in [3.8, 4) is 0 Å². The molecule has 0 bridgehead atoms. The maximum atomic E-state index is 11.5. The maximum Gasteiger partial charge on any atom is 0.337 e. The molecular formula is C15H19NO4. The van der Waals surface area contributed by atoms with Crippen molar-refractivity contribution in [3.05, 3.63) is 42.0 Å². The number of carbonyl (C=O) groups is 2. The number of hydrogen-bond acceptors (Lipinski definition) is 3. The maximum absolute atomic E-state index is 11.5. The highest BCUT2D eigenvalue weighted by Crippen LogP contribution is 2.04. The van der Waals surface area contributed by atoms with Gasteiger partial charge in [0.05, 0.1) is 6.54 Å². The summed E-state index contributed by atoms with van der Waals surface area (Å²) in [6, 6.07) is 9.71. The predicted octanol–water partition coefficient (Wildman–Crippen LogP) is 1.43. The number of carboxylic acid groups (broad SMARTS) is 1. The summed E-state index contributed by atoms with van der Waals surface area (Å²) in [5, 5.41) is 20.5. The van der Waals surface area contributed by atoms with E-state index in [0.29, 0.717) is 6.42 Å². The molecule has 0 aliphatic carbocycles. The van der Waals surface area contributed by atoms with E-state index in [1.807, 2.05) is 42.5 Å². The van der Waals surface area contributed by atoms with Crippen molar-refractivity contribution in [2.24, 2.45) is 0 Å². The standard InChI is InChI=1S/C15H19NO4/c1-15(20,14(18)19)11-16-13(17)10-6-5-9-12-7-3-2-4-8-12/h2-5,7-9,20H,6,10-11H2,1H3,(H,16,17)(H,18,19)/b9-5+. The Labute approximate surface area is 117 Å². The fraction of sp³-hybridized carbons (Fsp3) is 0.333. The van der Waals surface area contributed by atoms with Crippen LogP contribution in [0.4, 0.5) is 0 Å². The van der Waals surface area contributed by atoms with Gasteiger partial charge in [0.1, 0.15) is 0 Å². The fourth-order valence-corrected chi connectivity index (χ4v) is 1.43. The Hall–Kier alpha value is -2.14. The average Bonchev–Trinajstić information content (AvgIpc) is 2.42. The van der Waals surface area contributed by atoms with Crippen LogP contribution in [0.25, 0.3) is 6.08 Å². The van der Waals surface area contributed by atoms with E-state index in [1.54, 1.807) is 0 Å². The molecule has 5 nitrogen and oxygen atoms in total. The van der Waals surface area contributed by atoms with E-state index < -0.39 is 11.6 Å². The third-order valence-electron chi connectivity index (χ3n) is 2.74. The molecule has 0 spiro atoms. The number of aliphatic hydroxyl groups is 1. The van der Waals surface area contributed by atoms with Crippen LogP contribution in [0, 0.1) is 0 Å². The van der Waals surface area contributed by atoms with E-state index in [-0.39, 0.29) is 18.9 Å². The first kappa shape index (κ1) is 15.9. The van der Waals surface area contributed by atoms with Gasteiger partial charge in [-0.05, 0) is 18.9 Å². The molecule has 0 saturated heterocycles. The highest BCUT2D eigenvalue weighted by Gasteiger charge is 2.29. The normalized spacial score (nSPS) is 13.9. The summed E-state index contributed by atoms with van der Waals surface area (Å²) in [4.78, 5) is 22.1. The summed E-state index contributed by atoms with van der Waals surface area (Å²) < 4.78 is 0. The molecule has 1 aromatic rings. The van der Waals surface area contributed by atoms with Gasteiger partial charge in [0, 0.05) is 6.42 Å². The van der Waals surface area contributed by atoms with Gasteiger partial charge in [0.15, 0.2) is 5.60 Å². The Kier molecular flexibility index (Phi) is 5.93. The molecular weight excluding hydrogens is 258 g/mol. The quantitative estimate of drug-likeness (QED) is 0.703. The number of nitrogens with one attached hydrogen (secondary N) is 1. The van der Waals surface area contributed by atoms with Gasteiger partial charge in [-0.2, -0.15) is 0 Å². The molecule has 108 valence electrons. The zero-order valence-corrected chi connectivity index (χ0v) is 11.4. The number of allylic oxidation sites excluding steroid dienone is 1. The van der Waals surface area contributed by atoms with E-state index in [0.717, 1.165) is 12.5 Å². The monoisotopic (exact) mass is 277 g/mol. The minimum absolute atomic E-state index is 0.249. The Balaban J connectivity index is 2.27. The van der Waals surface area contributed by atoms with Gasteiger partial charge in [-0.25, -0.2) is 4.79 Å². The molecule has 5 heteroatoms. The summed E-state index contributed by atoms with van der Waals surface area (Å²) >= 11 is 0. The number of benzene rings is 1. The van der Waals surface area contributed by atoms with Gasteiger partial charge in [-0.3, -0.25) is 4.79 Å². The van der Waals surface area contributed by atoms with Crippen molar-refractivity contribution in [3.63, 3.8) is 0 Å². The average molecular weight is 277 g/mol. The minimum atomic E-state index is -1.93. The van der Waals surface area contributed by atoms with Crippen LogP contribution in [0.2, 0.25) is 0 Å². The molecule has 1 unspecified atom stereocenters. The Morgan fingerprint density at radius 1 is 1.30 bits per heavy atom. The second kappa shape index (κ2) is 7.45. The second-order valence-corrected chi connectivity index (χ2v) is 4.71. The lowest BCUT2D eigenvalue weighted by Crippen LogP contribution is -2.46. The molecule has 0 saturated carbocycles.